The molecule has 0 atom stereocenters. The number of amides is 2. The maximum atomic E-state index is 12.0. The van der Waals surface area contributed by atoms with Crippen molar-refractivity contribution in [2.45, 2.75) is 26.4 Å². The fourth-order valence-electron chi connectivity index (χ4n) is 1.98. The van der Waals surface area contributed by atoms with Gasteiger partial charge in [0.1, 0.15) is 5.75 Å². The van der Waals surface area contributed by atoms with Crippen LogP contribution in [0, 0.1) is 0 Å². The smallest absolute Gasteiger partial charge is 0.269 e. The third-order valence-electron chi connectivity index (χ3n) is 3.01. The summed E-state index contributed by atoms with van der Waals surface area (Å²) >= 11 is 0. The molecule has 2 amide bonds. The van der Waals surface area contributed by atoms with Crippen LogP contribution in [0.1, 0.15) is 29.8 Å². The summed E-state index contributed by atoms with van der Waals surface area (Å²) in [7, 11) is 0. The summed E-state index contributed by atoms with van der Waals surface area (Å²) in [5.74, 6) is 0.0523. The van der Waals surface area contributed by atoms with E-state index in [-0.39, 0.29) is 24.3 Å². The van der Waals surface area contributed by atoms with E-state index in [4.69, 9.17) is 4.74 Å². The molecule has 2 rings (SSSR count). The topological polar surface area (TPSA) is 67.4 Å². The Morgan fingerprint density at radius 3 is 2.22 bits per heavy atom. The molecule has 120 valence electrons. The Morgan fingerprint density at radius 2 is 1.61 bits per heavy atom. The van der Waals surface area contributed by atoms with E-state index in [0.717, 1.165) is 5.56 Å². The lowest BCUT2D eigenvalue weighted by atomic mass is 10.1. The highest BCUT2D eigenvalue weighted by atomic mass is 16.5. The van der Waals surface area contributed by atoms with E-state index in [1.165, 1.54) is 0 Å². The molecule has 5 heteroatoms. The third kappa shape index (κ3) is 5.47. The molecule has 23 heavy (non-hydrogen) atoms. The van der Waals surface area contributed by atoms with Gasteiger partial charge in [-0.2, -0.15) is 0 Å². The van der Waals surface area contributed by atoms with Gasteiger partial charge < -0.3 is 4.74 Å². The van der Waals surface area contributed by atoms with E-state index in [1.807, 2.05) is 44.2 Å². The standard InChI is InChI=1S/C18H20N2O3/c1-13(2)23-16-10-8-15(9-11-16)18(22)20-19-17(21)12-14-6-4-3-5-7-14/h3-11,13H,12H2,1-2H3,(H,19,21)(H,20,22). The largest absolute Gasteiger partial charge is 0.491 e. The molecule has 5 nitrogen and oxygen atoms in total. The predicted molar refractivity (Wildman–Crippen MR) is 88.0 cm³/mol. The van der Waals surface area contributed by atoms with Gasteiger partial charge in [0.25, 0.3) is 5.91 Å². The summed E-state index contributed by atoms with van der Waals surface area (Å²) in [5, 5.41) is 0. The van der Waals surface area contributed by atoms with Crippen LogP contribution < -0.4 is 15.6 Å². The molecule has 2 aromatic rings. The summed E-state index contributed by atoms with van der Waals surface area (Å²) in [4.78, 5) is 23.7. The minimum Gasteiger partial charge on any atom is -0.491 e. The Bertz CT molecular complexity index is 652. The van der Waals surface area contributed by atoms with Gasteiger partial charge in [-0.1, -0.05) is 30.3 Å². The second-order valence-corrected chi connectivity index (χ2v) is 5.36. The first-order chi connectivity index (χ1) is 11.0. The van der Waals surface area contributed by atoms with Crippen molar-refractivity contribution in [3.63, 3.8) is 0 Å². The number of nitrogens with one attached hydrogen (secondary N) is 2. The third-order valence-corrected chi connectivity index (χ3v) is 3.01. The zero-order valence-electron chi connectivity index (χ0n) is 13.2. The number of rotatable bonds is 5. The molecule has 0 radical (unpaired) electrons. The Labute approximate surface area is 135 Å². The van der Waals surface area contributed by atoms with Gasteiger partial charge in [-0.15, -0.1) is 0 Å². The summed E-state index contributed by atoms with van der Waals surface area (Å²) in [6, 6.07) is 16.1. The Morgan fingerprint density at radius 1 is 0.957 bits per heavy atom. The average molecular weight is 312 g/mol. The first-order valence-corrected chi connectivity index (χ1v) is 7.44. The minimum atomic E-state index is -0.373. The Hall–Kier alpha value is -2.82. The number of hydrogen-bond donors (Lipinski definition) is 2. The van der Waals surface area contributed by atoms with Crippen molar-refractivity contribution in [1.29, 1.82) is 0 Å². The summed E-state index contributed by atoms with van der Waals surface area (Å²) in [6.07, 6.45) is 0.286. The number of benzene rings is 2. The van der Waals surface area contributed by atoms with Gasteiger partial charge in [-0.05, 0) is 43.7 Å². The zero-order valence-corrected chi connectivity index (χ0v) is 13.2. The summed E-state index contributed by atoms with van der Waals surface area (Å²) < 4.78 is 5.51. The molecule has 0 aromatic heterocycles. The van der Waals surface area contributed by atoms with Crippen LogP contribution in [0.2, 0.25) is 0 Å². The van der Waals surface area contributed by atoms with E-state index in [2.05, 4.69) is 10.9 Å². The molecule has 0 aliphatic heterocycles. The first-order valence-electron chi connectivity index (χ1n) is 7.44. The van der Waals surface area contributed by atoms with Crippen molar-refractivity contribution in [3.05, 3.63) is 65.7 Å². The highest BCUT2D eigenvalue weighted by Crippen LogP contribution is 2.13. The molecule has 0 aliphatic carbocycles. The average Bonchev–Trinajstić information content (AvgIpc) is 2.54. The molecule has 2 N–H and O–H groups in total. The SMILES string of the molecule is CC(C)Oc1ccc(C(=O)NNC(=O)Cc2ccccc2)cc1. The maximum absolute atomic E-state index is 12.0. The fourth-order valence-corrected chi connectivity index (χ4v) is 1.98. The van der Waals surface area contributed by atoms with Gasteiger partial charge >= 0.3 is 0 Å². The van der Waals surface area contributed by atoms with Crippen LogP contribution in [0.4, 0.5) is 0 Å². The van der Waals surface area contributed by atoms with E-state index in [9.17, 15) is 9.59 Å². The summed E-state index contributed by atoms with van der Waals surface area (Å²) in [6.45, 7) is 3.87. The normalized spacial score (nSPS) is 10.2. The number of carbonyl (C=O) groups excluding carboxylic acids is 2. The van der Waals surface area contributed by atoms with Crippen LogP contribution in [-0.4, -0.2) is 17.9 Å². The molecule has 0 saturated carbocycles. The molecule has 0 heterocycles. The highest BCUT2D eigenvalue weighted by Gasteiger charge is 2.08. The van der Waals surface area contributed by atoms with E-state index in [1.54, 1.807) is 24.3 Å². The monoisotopic (exact) mass is 312 g/mol. The van der Waals surface area contributed by atoms with Crippen molar-refractivity contribution < 1.29 is 14.3 Å². The molecule has 0 unspecified atom stereocenters. The van der Waals surface area contributed by atoms with Crippen molar-refractivity contribution in [3.8, 4) is 5.75 Å². The predicted octanol–water partition coefficient (Wildman–Crippen LogP) is 2.48. The minimum absolute atomic E-state index is 0.0759. The zero-order chi connectivity index (χ0) is 16.7. The van der Waals surface area contributed by atoms with Crippen LogP contribution in [0.3, 0.4) is 0 Å². The lowest BCUT2D eigenvalue weighted by Crippen LogP contribution is -2.42. The molecule has 0 spiro atoms. The van der Waals surface area contributed by atoms with Crippen molar-refractivity contribution in [2.75, 3.05) is 0 Å². The fraction of sp³-hybridized carbons (Fsp3) is 0.222. The molecular weight excluding hydrogens is 292 g/mol. The molecule has 0 fully saturated rings. The Balaban J connectivity index is 1.83. The first kappa shape index (κ1) is 16.5. The molecule has 0 saturated heterocycles. The summed E-state index contributed by atoms with van der Waals surface area (Å²) in [5.41, 5.74) is 6.14. The van der Waals surface area contributed by atoms with Gasteiger partial charge in [0, 0.05) is 5.56 Å². The molecule has 2 aromatic carbocycles. The van der Waals surface area contributed by atoms with Crippen LogP contribution in [0.25, 0.3) is 0 Å². The number of hydrogen-bond acceptors (Lipinski definition) is 3. The lowest BCUT2D eigenvalue weighted by molar-refractivity contribution is -0.121. The lowest BCUT2D eigenvalue weighted by Gasteiger charge is -2.10. The van der Waals surface area contributed by atoms with E-state index in [0.29, 0.717) is 11.3 Å². The van der Waals surface area contributed by atoms with Gasteiger partial charge in [-0.3, -0.25) is 20.4 Å². The number of hydrazine groups is 1. The van der Waals surface area contributed by atoms with Crippen LogP contribution in [-0.2, 0) is 11.2 Å². The molecular formula is C18H20N2O3. The van der Waals surface area contributed by atoms with Crippen molar-refractivity contribution in [2.24, 2.45) is 0 Å². The Kier molecular flexibility index (Phi) is 5.74. The second-order valence-electron chi connectivity index (χ2n) is 5.36. The highest BCUT2D eigenvalue weighted by molar-refractivity contribution is 5.95. The quantitative estimate of drug-likeness (QED) is 0.834. The van der Waals surface area contributed by atoms with E-state index < -0.39 is 0 Å². The number of ether oxygens (including phenoxy) is 1. The van der Waals surface area contributed by atoms with Crippen LogP contribution in [0.5, 0.6) is 5.75 Å². The van der Waals surface area contributed by atoms with Gasteiger partial charge in [-0.25, -0.2) is 0 Å². The second kappa shape index (κ2) is 7.98. The maximum Gasteiger partial charge on any atom is 0.269 e. The van der Waals surface area contributed by atoms with E-state index >= 15 is 0 Å². The van der Waals surface area contributed by atoms with Crippen molar-refractivity contribution in [1.82, 2.24) is 10.9 Å². The molecule has 0 aliphatic rings. The number of carbonyl (C=O) groups is 2. The van der Waals surface area contributed by atoms with Gasteiger partial charge in [0.2, 0.25) is 5.91 Å². The van der Waals surface area contributed by atoms with Crippen LogP contribution in [0.15, 0.2) is 54.6 Å². The van der Waals surface area contributed by atoms with Crippen LogP contribution >= 0.6 is 0 Å². The van der Waals surface area contributed by atoms with Gasteiger partial charge in [0.15, 0.2) is 0 Å². The molecule has 0 bridgehead atoms. The van der Waals surface area contributed by atoms with Crippen molar-refractivity contribution >= 4 is 11.8 Å². The van der Waals surface area contributed by atoms with Gasteiger partial charge in [0.05, 0.1) is 12.5 Å².